The fraction of sp³-hybridized carbons (Fsp3) is 0.476. The molecule has 0 aromatic heterocycles. The van der Waals surface area contributed by atoms with Crippen LogP contribution in [0.1, 0.15) is 20.8 Å². The molecule has 0 unspecified atom stereocenters. The fourth-order valence-electron chi connectivity index (χ4n) is 3.46. The van der Waals surface area contributed by atoms with Gasteiger partial charge in [0.25, 0.3) is 11.8 Å². The molecule has 1 saturated heterocycles. The van der Waals surface area contributed by atoms with Gasteiger partial charge in [-0.2, -0.15) is 0 Å². The number of nitrogens with one attached hydrogen (secondary N) is 1. The monoisotopic (exact) mass is 400 g/mol. The number of piperazine rings is 1. The summed E-state index contributed by atoms with van der Waals surface area (Å²) in [7, 11) is 0. The Morgan fingerprint density at radius 2 is 1.69 bits per heavy atom. The Balaban J connectivity index is 1.58. The molecule has 2 aliphatic heterocycles. The lowest BCUT2D eigenvalue weighted by molar-refractivity contribution is -0.140. The van der Waals surface area contributed by atoms with Crippen LogP contribution in [0.15, 0.2) is 36.0 Å². The predicted octanol–water partition coefficient (Wildman–Crippen LogP) is 1.04. The number of benzene rings is 1. The molecule has 156 valence electrons. The summed E-state index contributed by atoms with van der Waals surface area (Å²) in [6.45, 7) is 8.47. The Kier molecular flexibility index (Phi) is 5.93. The van der Waals surface area contributed by atoms with E-state index in [1.165, 1.54) is 6.08 Å². The summed E-state index contributed by atoms with van der Waals surface area (Å²) >= 11 is 0. The molecule has 0 radical (unpaired) electrons. The zero-order chi connectivity index (χ0) is 21.2. The molecule has 0 spiro atoms. The highest BCUT2D eigenvalue weighted by Crippen LogP contribution is 2.24. The summed E-state index contributed by atoms with van der Waals surface area (Å²) < 4.78 is 0. The molecular weight excluding hydrogens is 372 g/mol. The van der Waals surface area contributed by atoms with Gasteiger partial charge in [0, 0.05) is 49.0 Å². The molecule has 0 saturated carbocycles. The Bertz CT molecular complexity index is 818. The van der Waals surface area contributed by atoms with Gasteiger partial charge in [-0.25, -0.2) is 0 Å². The summed E-state index contributed by atoms with van der Waals surface area (Å²) in [5.41, 5.74) is 1.58. The highest BCUT2D eigenvalue weighted by Gasteiger charge is 2.31. The molecule has 1 aromatic rings. The first-order valence-corrected chi connectivity index (χ1v) is 9.80. The number of carbonyl (C=O) groups is 3. The molecule has 29 heavy (non-hydrogen) atoms. The lowest BCUT2D eigenvalue weighted by atomic mass is 9.94. The van der Waals surface area contributed by atoms with Crippen molar-refractivity contribution in [1.29, 1.82) is 0 Å². The number of nitrogens with zero attached hydrogens (tertiary/aromatic N) is 3. The van der Waals surface area contributed by atoms with Crippen molar-refractivity contribution in [3.05, 3.63) is 36.0 Å². The lowest BCUT2D eigenvalue weighted by Crippen LogP contribution is -2.51. The normalized spacial score (nSPS) is 17.7. The van der Waals surface area contributed by atoms with E-state index >= 15 is 0 Å². The quantitative estimate of drug-likeness (QED) is 0.718. The van der Waals surface area contributed by atoms with Crippen molar-refractivity contribution in [2.45, 2.75) is 20.8 Å². The van der Waals surface area contributed by atoms with Crippen LogP contribution >= 0.6 is 0 Å². The zero-order valence-corrected chi connectivity index (χ0v) is 17.1. The summed E-state index contributed by atoms with van der Waals surface area (Å²) in [6.07, 6.45) is 1.25. The molecule has 2 heterocycles. The molecule has 0 bridgehead atoms. The van der Waals surface area contributed by atoms with Gasteiger partial charge in [-0.3, -0.25) is 19.3 Å². The molecule has 0 atom stereocenters. The van der Waals surface area contributed by atoms with Crippen molar-refractivity contribution in [3.8, 4) is 0 Å². The van der Waals surface area contributed by atoms with Crippen molar-refractivity contribution >= 4 is 29.1 Å². The minimum atomic E-state index is -0.437. The van der Waals surface area contributed by atoms with E-state index in [-0.39, 0.29) is 30.2 Å². The Hall–Kier alpha value is -2.87. The molecule has 0 aliphatic carbocycles. The van der Waals surface area contributed by atoms with Crippen molar-refractivity contribution < 1.29 is 19.5 Å². The van der Waals surface area contributed by atoms with E-state index in [9.17, 15) is 14.4 Å². The number of amides is 3. The topological polar surface area (TPSA) is 93.2 Å². The predicted molar refractivity (Wildman–Crippen MR) is 110 cm³/mol. The summed E-state index contributed by atoms with van der Waals surface area (Å²) in [5.74, 6) is -0.686. The zero-order valence-electron chi connectivity index (χ0n) is 17.1. The van der Waals surface area contributed by atoms with Crippen molar-refractivity contribution in [2.75, 3.05) is 49.5 Å². The summed E-state index contributed by atoms with van der Waals surface area (Å²) in [6, 6.07) is 7.62. The van der Waals surface area contributed by atoms with Crippen LogP contribution in [0.4, 0.5) is 11.4 Å². The number of carbonyl (C=O) groups excluding carboxylic acids is 3. The molecule has 2 N–H and O–H groups in total. The minimum Gasteiger partial charge on any atom is -0.395 e. The highest BCUT2D eigenvalue weighted by molar-refractivity contribution is 6.17. The molecule has 1 aromatic carbocycles. The Morgan fingerprint density at radius 1 is 1.07 bits per heavy atom. The van der Waals surface area contributed by atoms with E-state index in [4.69, 9.17) is 5.11 Å². The largest absolute Gasteiger partial charge is 0.395 e. The second kappa shape index (κ2) is 8.24. The molecule has 3 amide bonds. The van der Waals surface area contributed by atoms with Gasteiger partial charge >= 0.3 is 0 Å². The lowest BCUT2D eigenvalue weighted by Gasteiger charge is -2.38. The maximum atomic E-state index is 12.4. The first kappa shape index (κ1) is 20.9. The Labute approximate surface area is 170 Å². The third kappa shape index (κ3) is 4.59. The SMILES string of the molecule is CC(C)(C)C(=O)N1CCN(c2ccc(NC3=CC(=O)N(CCO)C3=O)cc2)CC1. The minimum absolute atomic E-state index is 0.0119. The van der Waals surface area contributed by atoms with Gasteiger partial charge in [0.2, 0.25) is 5.91 Å². The molecule has 8 heteroatoms. The van der Waals surface area contributed by atoms with Crippen molar-refractivity contribution in [3.63, 3.8) is 0 Å². The van der Waals surface area contributed by atoms with Gasteiger partial charge in [-0.1, -0.05) is 20.8 Å². The number of hydrogen-bond donors (Lipinski definition) is 2. The van der Waals surface area contributed by atoms with Crippen LogP contribution in [0, 0.1) is 5.41 Å². The van der Waals surface area contributed by atoms with Gasteiger partial charge < -0.3 is 20.2 Å². The number of imide groups is 1. The first-order valence-electron chi connectivity index (χ1n) is 9.80. The van der Waals surface area contributed by atoms with Crippen molar-refractivity contribution in [1.82, 2.24) is 9.80 Å². The van der Waals surface area contributed by atoms with Gasteiger partial charge in [0.15, 0.2) is 0 Å². The third-order valence-corrected chi connectivity index (χ3v) is 5.05. The van der Waals surface area contributed by atoms with E-state index in [1.54, 1.807) is 0 Å². The van der Waals surface area contributed by atoms with E-state index in [0.29, 0.717) is 18.8 Å². The number of hydrogen-bond acceptors (Lipinski definition) is 6. The number of anilines is 2. The summed E-state index contributed by atoms with van der Waals surface area (Å²) in [4.78, 5) is 41.6. The number of rotatable bonds is 5. The van der Waals surface area contributed by atoms with E-state index < -0.39 is 11.8 Å². The van der Waals surface area contributed by atoms with E-state index in [0.717, 1.165) is 23.7 Å². The Morgan fingerprint density at radius 3 is 2.24 bits per heavy atom. The average molecular weight is 400 g/mol. The fourth-order valence-corrected chi connectivity index (χ4v) is 3.46. The second-order valence-corrected chi connectivity index (χ2v) is 8.28. The van der Waals surface area contributed by atoms with Crippen LogP contribution in [0.25, 0.3) is 0 Å². The maximum absolute atomic E-state index is 12.4. The van der Waals surface area contributed by atoms with E-state index in [1.807, 2.05) is 49.9 Å². The smallest absolute Gasteiger partial charge is 0.277 e. The van der Waals surface area contributed by atoms with Gasteiger partial charge in [0.05, 0.1) is 13.2 Å². The van der Waals surface area contributed by atoms with Gasteiger partial charge in [-0.05, 0) is 24.3 Å². The number of β-amino-alcohol motifs (C(OH)–C–C–N with tert-alkyl or cyclic N) is 1. The number of aliphatic hydroxyl groups is 1. The van der Waals surface area contributed by atoms with E-state index in [2.05, 4.69) is 10.2 Å². The maximum Gasteiger partial charge on any atom is 0.277 e. The van der Waals surface area contributed by atoms with Crippen LogP contribution in [0.5, 0.6) is 0 Å². The van der Waals surface area contributed by atoms with Crippen LogP contribution < -0.4 is 10.2 Å². The van der Waals surface area contributed by atoms with Crippen LogP contribution in [0.2, 0.25) is 0 Å². The van der Waals surface area contributed by atoms with Crippen LogP contribution in [-0.4, -0.2) is 72.0 Å². The molecule has 8 nitrogen and oxygen atoms in total. The molecular formula is C21H28N4O4. The standard InChI is InChI=1S/C21H28N4O4/c1-21(2,3)20(29)24-10-8-23(9-11-24)16-6-4-15(5-7-16)22-17-14-18(27)25(12-13-26)19(17)28/h4-7,14,22,26H,8-13H2,1-3H3. The molecule has 3 rings (SSSR count). The van der Waals surface area contributed by atoms with Gasteiger partial charge in [0.1, 0.15) is 5.70 Å². The van der Waals surface area contributed by atoms with Crippen LogP contribution in [0.3, 0.4) is 0 Å². The molecule has 1 fully saturated rings. The summed E-state index contributed by atoms with van der Waals surface area (Å²) in [5, 5.41) is 11.9. The van der Waals surface area contributed by atoms with Crippen LogP contribution in [-0.2, 0) is 14.4 Å². The van der Waals surface area contributed by atoms with Crippen molar-refractivity contribution in [2.24, 2.45) is 5.41 Å². The number of aliphatic hydroxyl groups excluding tert-OH is 1. The first-order chi connectivity index (χ1) is 13.7. The molecule has 2 aliphatic rings. The van der Waals surface area contributed by atoms with Gasteiger partial charge in [-0.15, -0.1) is 0 Å². The average Bonchev–Trinajstić information content (AvgIpc) is 2.95. The second-order valence-electron chi connectivity index (χ2n) is 8.28. The highest BCUT2D eigenvalue weighted by atomic mass is 16.3. The third-order valence-electron chi connectivity index (χ3n) is 5.05.